The van der Waals surface area contributed by atoms with Crippen LogP contribution in [0.1, 0.15) is 17.5 Å². The summed E-state index contributed by atoms with van der Waals surface area (Å²) in [6.07, 6.45) is 1.36. The van der Waals surface area contributed by atoms with E-state index in [0.717, 1.165) is 0 Å². The van der Waals surface area contributed by atoms with Crippen LogP contribution >= 0.6 is 0 Å². The molecule has 0 radical (unpaired) electrons. The molecule has 9 nitrogen and oxygen atoms in total. The predicted octanol–water partition coefficient (Wildman–Crippen LogP) is 1.17. The van der Waals surface area contributed by atoms with Gasteiger partial charge in [0.25, 0.3) is 5.91 Å². The number of carbonyl (C=O) groups excluding carboxylic acids is 3. The third-order valence-corrected chi connectivity index (χ3v) is 3.35. The number of hydrogen-bond donors (Lipinski definition) is 3. The van der Waals surface area contributed by atoms with Gasteiger partial charge in [0.05, 0.1) is 33.1 Å². The Hall–Kier alpha value is -3.49. The molecule has 1 heterocycles. The molecule has 0 atom stereocenters. The van der Waals surface area contributed by atoms with Crippen LogP contribution in [0.5, 0.6) is 11.5 Å². The first-order chi connectivity index (χ1) is 13.0. The molecule has 0 spiro atoms. The Morgan fingerprint density at radius 1 is 1.04 bits per heavy atom. The molecule has 144 valence electrons. The van der Waals surface area contributed by atoms with Gasteiger partial charge in [-0.25, -0.2) is 0 Å². The Balaban J connectivity index is 1.77. The van der Waals surface area contributed by atoms with Crippen LogP contribution in [0.25, 0.3) is 0 Å². The standard InChI is InChI=1S/C18H21N3O6/c1-3-26-13-7-6-12(9-15(13)25-2)21-17(23)11-19-16(22)10-20-18(24)14-5-4-8-27-14/h4-9H,3,10-11H2,1-2H3,(H,19,22)(H,20,24)(H,21,23). The minimum Gasteiger partial charge on any atom is -0.493 e. The predicted molar refractivity (Wildman–Crippen MR) is 96.8 cm³/mol. The highest BCUT2D eigenvalue weighted by atomic mass is 16.5. The molecule has 9 heteroatoms. The van der Waals surface area contributed by atoms with Crippen molar-refractivity contribution < 1.29 is 28.3 Å². The van der Waals surface area contributed by atoms with Gasteiger partial charge in [-0.3, -0.25) is 14.4 Å². The van der Waals surface area contributed by atoms with E-state index in [4.69, 9.17) is 13.9 Å². The van der Waals surface area contributed by atoms with Gasteiger partial charge in [0, 0.05) is 11.8 Å². The molecular formula is C18H21N3O6. The van der Waals surface area contributed by atoms with Crippen LogP contribution in [0.4, 0.5) is 5.69 Å². The Morgan fingerprint density at radius 2 is 1.81 bits per heavy atom. The number of ether oxygens (including phenoxy) is 2. The largest absolute Gasteiger partial charge is 0.493 e. The summed E-state index contributed by atoms with van der Waals surface area (Å²) in [6.45, 7) is 1.83. The molecule has 0 aliphatic carbocycles. The number of rotatable bonds is 9. The number of methoxy groups -OCH3 is 1. The molecule has 0 unspecified atom stereocenters. The summed E-state index contributed by atoms with van der Waals surface area (Å²) in [5.41, 5.74) is 0.501. The van der Waals surface area contributed by atoms with Crippen molar-refractivity contribution in [2.24, 2.45) is 0 Å². The summed E-state index contributed by atoms with van der Waals surface area (Å²) in [5, 5.41) is 7.43. The highest BCUT2D eigenvalue weighted by Crippen LogP contribution is 2.30. The molecule has 3 N–H and O–H groups in total. The highest BCUT2D eigenvalue weighted by Gasteiger charge is 2.12. The van der Waals surface area contributed by atoms with Crippen LogP contribution in [0, 0.1) is 0 Å². The van der Waals surface area contributed by atoms with Gasteiger partial charge in [-0.05, 0) is 31.2 Å². The Bertz CT molecular complexity index is 788. The molecule has 0 saturated carbocycles. The molecule has 1 aromatic heterocycles. The van der Waals surface area contributed by atoms with E-state index in [2.05, 4.69) is 16.0 Å². The Labute approximate surface area is 156 Å². The zero-order chi connectivity index (χ0) is 19.6. The monoisotopic (exact) mass is 375 g/mol. The quantitative estimate of drug-likeness (QED) is 0.605. The molecule has 0 bridgehead atoms. The molecule has 0 aliphatic rings. The summed E-state index contributed by atoms with van der Waals surface area (Å²) in [4.78, 5) is 35.3. The van der Waals surface area contributed by atoms with Crippen molar-refractivity contribution in [2.75, 3.05) is 32.1 Å². The molecule has 2 rings (SSSR count). The van der Waals surface area contributed by atoms with Crippen molar-refractivity contribution in [2.45, 2.75) is 6.92 Å². The maximum absolute atomic E-state index is 12.0. The number of furan rings is 1. The fraction of sp³-hybridized carbons (Fsp3) is 0.278. The summed E-state index contributed by atoms with van der Waals surface area (Å²) in [7, 11) is 1.50. The number of hydrogen-bond acceptors (Lipinski definition) is 6. The van der Waals surface area contributed by atoms with E-state index >= 15 is 0 Å². The second kappa shape index (κ2) is 9.85. The summed E-state index contributed by atoms with van der Waals surface area (Å²) in [5.74, 6) is -0.287. The molecule has 27 heavy (non-hydrogen) atoms. The first kappa shape index (κ1) is 19.8. The van der Waals surface area contributed by atoms with Crippen molar-refractivity contribution in [3.05, 3.63) is 42.4 Å². The van der Waals surface area contributed by atoms with Crippen molar-refractivity contribution in [3.8, 4) is 11.5 Å². The van der Waals surface area contributed by atoms with Gasteiger partial charge in [-0.2, -0.15) is 0 Å². The van der Waals surface area contributed by atoms with Crippen molar-refractivity contribution in [3.63, 3.8) is 0 Å². The normalized spacial score (nSPS) is 10.0. The number of carbonyl (C=O) groups is 3. The zero-order valence-corrected chi connectivity index (χ0v) is 15.0. The Kier molecular flexibility index (Phi) is 7.24. The van der Waals surface area contributed by atoms with E-state index in [1.165, 1.54) is 19.4 Å². The van der Waals surface area contributed by atoms with Gasteiger partial charge in [-0.15, -0.1) is 0 Å². The molecule has 1 aromatic carbocycles. The van der Waals surface area contributed by atoms with Gasteiger partial charge in [0.1, 0.15) is 0 Å². The average molecular weight is 375 g/mol. The van der Waals surface area contributed by atoms with Gasteiger partial charge in [0.15, 0.2) is 17.3 Å². The molecule has 0 fully saturated rings. The van der Waals surface area contributed by atoms with E-state index in [-0.39, 0.29) is 18.8 Å². The van der Waals surface area contributed by atoms with Crippen molar-refractivity contribution in [1.29, 1.82) is 0 Å². The number of amides is 3. The minimum atomic E-state index is -0.513. The van der Waals surface area contributed by atoms with Crippen molar-refractivity contribution in [1.82, 2.24) is 10.6 Å². The number of nitrogens with one attached hydrogen (secondary N) is 3. The second-order valence-electron chi connectivity index (χ2n) is 5.28. The maximum atomic E-state index is 12.0. The lowest BCUT2D eigenvalue weighted by atomic mass is 10.2. The second-order valence-corrected chi connectivity index (χ2v) is 5.28. The maximum Gasteiger partial charge on any atom is 0.287 e. The van der Waals surface area contributed by atoms with E-state index in [9.17, 15) is 14.4 Å². The Morgan fingerprint density at radius 3 is 2.48 bits per heavy atom. The number of benzene rings is 1. The van der Waals surface area contributed by atoms with Crippen LogP contribution in [0.3, 0.4) is 0 Å². The van der Waals surface area contributed by atoms with E-state index in [0.29, 0.717) is 23.8 Å². The first-order valence-corrected chi connectivity index (χ1v) is 8.22. The van der Waals surface area contributed by atoms with Crippen LogP contribution < -0.4 is 25.4 Å². The SMILES string of the molecule is CCOc1ccc(NC(=O)CNC(=O)CNC(=O)c2ccco2)cc1OC. The highest BCUT2D eigenvalue weighted by molar-refractivity contribution is 5.97. The summed E-state index contributed by atoms with van der Waals surface area (Å²) < 4.78 is 15.5. The fourth-order valence-electron chi connectivity index (χ4n) is 2.12. The van der Waals surface area contributed by atoms with Crippen molar-refractivity contribution >= 4 is 23.4 Å². The molecule has 3 amide bonds. The lowest BCUT2D eigenvalue weighted by Gasteiger charge is -2.12. The lowest BCUT2D eigenvalue weighted by molar-refractivity contribution is -0.123. The van der Waals surface area contributed by atoms with Gasteiger partial charge < -0.3 is 29.8 Å². The van der Waals surface area contributed by atoms with E-state index in [1.807, 2.05) is 6.92 Å². The molecule has 0 aliphatic heterocycles. The van der Waals surface area contributed by atoms with E-state index in [1.54, 1.807) is 24.3 Å². The van der Waals surface area contributed by atoms with Crippen LogP contribution in [-0.2, 0) is 9.59 Å². The van der Waals surface area contributed by atoms with Gasteiger partial charge in [-0.1, -0.05) is 0 Å². The fourth-order valence-corrected chi connectivity index (χ4v) is 2.12. The average Bonchev–Trinajstić information content (AvgIpc) is 3.20. The smallest absolute Gasteiger partial charge is 0.287 e. The molecular weight excluding hydrogens is 354 g/mol. The van der Waals surface area contributed by atoms with Crippen LogP contribution in [0.15, 0.2) is 41.0 Å². The van der Waals surface area contributed by atoms with E-state index < -0.39 is 17.7 Å². The molecule has 0 saturated heterocycles. The zero-order valence-electron chi connectivity index (χ0n) is 15.0. The summed E-state index contributed by atoms with van der Waals surface area (Å²) >= 11 is 0. The van der Waals surface area contributed by atoms with Crippen LogP contribution in [0.2, 0.25) is 0 Å². The third kappa shape index (κ3) is 6.07. The third-order valence-electron chi connectivity index (χ3n) is 3.35. The lowest BCUT2D eigenvalue weighted by Crippen LogP contribution is -2.40. The number of anilines is 1. The van der Waals surface area contributed by atoms with Gasteiger partial charge in [0.2, 0.25) is 11.8 Å². The van der Waals surface area contributed by atoms with Gasteiger partial charge >= 0.3 is 0 Å². The first-order valence-electron chi connectivity index (χ1n) is 8.22. The topological polar surface area (TPSA) is 119 Å². The molecule has 2 aromatic rings. The minimum absolute atomic E-state index is 0.102. The van der Waals surface area contributed by atoms with Crippen LogP contribution in [-0.4, -0.2) is 44.5 Å². The summed E-state index contributed by atoms with van der Waals surface area (Å²) in [6, 6.07) is 8.01.